The van der Waals surface area contributed by atoms with Crippen molar-refractivity contribution in [3.63, 3.8) is 0 Å². The summed E-state index contributed by atoms with van der Waals surface area (Å²) in [6, 6.07) is 11.5. The number of nitrogens with zero attached hydrogens (tertiary/aromatic N) is 1. The van der Waals surface area contributed by atoms with Crippen LogP contribution in [0.3, 0.4) is 0 Å². The van der Waals surface area contributed by atoms with E-state index in [0.717, 1.165) is 24.7 Å². The lowest BCUT2D eigenvalue weighted by Gasteiger charge is -2.37. The van der Waals surface area contributed by atoms with Crippen molar-refractivity contribution in [3.8, 4) is 0 Å². The topological polar surface area (TPSA) is 40.5 Å². The number of aliphatic carboxylic acids is 1. The minimum Gasteiger partial charge on any atom is -0.481 e. The fourth-order valence-corrected chi connectivity index (χ4v) is 4.45. The quantitative estimate of drug-likeness (QED) is 0.607. The molecular formula is C22H35NO2. The van der Waals surface area contributed by atoms with Gasteiger partial charge in [0, 0.05) is 12.5 Å². The smallest absolute Gasteiger partial charge is 0.303 e. The number of aryl methyl sites for hydroxylation is 1. The summed E-state index contributed by atoms with van der Waals surface area (Å²) in [5.74, 6) is 0.979. The van der Waals surface area contributed by atoms with E-state index in [4.69, 9.17) is 5.11 Å². The standard InChI is InChI=1S/C22H35NO2/c1-23(2)21(17-14-18-8-4-3-5-9-18)20-15-12-19(13-16-20)10-6-7-11-22(24)25/h3-5,8-9,19-21H,6-7,10-17H2,1-2H3,(H,24,25). The minimum absolute atomic E-state index is 0.331. The van der Waals surface area contributed by atoms with Crippen molar-refractivity contribution in [1.82, 2.24) is 4.90 Å². The Bertz CT molecular complexity index is 492. The van der Waals surface area contributed by atoms with Crippen LogP contribution in [0.15, 0.2) is 30.3 Å². The monoisotopic (exact) mass is 345 g/mol. The van der Waals surface area contributed by atoms with Gasteiger partial charge in [-0.25, -0.2) is 0 Å². The van der Waals surface area contributed by atoms with Crippen LogP contribution in [0.2, 0.25) is 0 Å². The number of carboxylic acids is 1. The highest BCUT2D eigenvalue weighted by Crippen LogP contribution is 2.36. The second-order valence-corrected chi connectivity index (χ2v) is 7.98. The first-order chi connectivity index (χ1) is 12.1. The Labute approximate surface area is 153 Å². The molecule has 0 heterocycles. The summed E-state index contributed by atoms with van der Waals surface area (Å²) in [6.07, 6.45) is 11.2. The number of hydrogen-bond acceptors (Lipinski definition) is 2. The second kappa shape index (κ2) is 10.6. The Morgan fingerprint density at radius 1 is 1.12 bits per heavy atom. The first kappa shape index (κ1) is 20.0. The largest absolute Gasteiger partial charge is 0.481 e. The molecule has 1 unspecified atom stereocenters. The molecule has 3 nitrogen and oxygen atoms in total. The summed E-state index contributed by atoms with van der Waals surface area (Å²) in [4.78, 5) is 13.0. The van der Waals surface area contributed by atoms with Crippen LogP contribution in [-0.4, -0.2) is 36.1 Å². The maximum Gasteiger partial charge on any atom is 0.303 e. The van der Waals surface area contributed by atoms with Crippen LogP contribution in [0.5, 0.6) is 0 Å². The summed E-state index contributed by atoms with van der Waals surface area (Å²) in [6.45, 7) is 0. The van der Waals surface area contributed by atoms with E-state index in [0.29, 0.717) is 12.5 Å². The SMILES string of the molecule is CN(C)C(CCc1ccccc1)C1CCC(CCCCC(=O)O)CC1. The van der Waals surface area contributed by atoms with Crippen molar-refractivity contribution < 1.29 is 9.90 Å². The first-order valence-electron chi connectivity index (χ1n) is 9.98. The highest BCUT2D eigenvalue weighted by atomic mass is 16.4. The number of benzene rings is 1. The van der Waals surface area contributed by atoms with Crippen molar-refractivity contribution in [2.75, 3.05) is 14.1 Å². The van der Waals surface area contributed by atoms with E-state index in [2.05, 4.69) is 49.3 Å². The van der Waals surface area contributed by atoms with E-state index in [1.807, 2.05) is 0 Å². The van der Waals surface area contributed by atoms with Crippen LogP contribution in [0.1, 0.15) is 63.4 Å². The van der Waals surface area contributed by atoms with Crippen molar-refractivity contribution in [2.24, 2.45) is 11.8 Å². The second-order valence-electron chi connectivity index (χ2n) is 7.98. The Morgan fingerprint density at radius 2 is 1.80 bits per heavy atom. The molecule has 1 aliphatic carbocycles. The van der Waals surface area contributed by atoms with E-state index >= 15 is 0 Å². The minimum atomic E-state index is -0.657. The van der Waals surface area contributed by atoms with Gasteiger partial charge in [-0.1, -0.05) is 56.0 Å². The third kappa shape index (κ3) is 7.19. The number of carboxylic acid groups (broad SMARTS) is 1. The molecule has 1 aromatic carbocycles. The molecule has 1 atom stereocenters. The van der Waals surface area contributed by atoms with Crippen LogP contribution in [-0.2, 0) is 11.2 Å². The van der Waals surface area contributed by atoms with Crippen LogP contribution >= 0.6 is 0 Å². The molecule has 1 fully saturated rings. The lowest BCUT2D eigenvalue weighted by molar-refractivity contribution is -0.137. The molecule has 0 radical (unpaired) electrons. The van der Waals surface area contributed by atoms with E-state index < -0.39 is 5.97 Å². The van der Waals surface area contributed by atoms with Crippen LogP contribution in [0.4, 0.5) is 0 Å². The molecule has 0 saturated heterocycles. The Morgan fingerprint density at radius 3 is 2.40 bits per heavy atom. The van der Waals surface area contributed by atoms with Gasteiger partial charge < -0.3 is 10.0 Å². The zero-order valence-electron chi connectivity index (χ0n) is 16.0. The van der Waals surface area contributed by atoms with Crippen molar-refractivity contribution in [3.05, 3.63) is 35.9 Å². The average molecular weight is 346 g/mol. The number of carbonyl (C=O) groups is 1. The lowest BCUT2D eigenvalue weighted by Crippen LogP contribution is -2.37. The number of unbranched alkanes of at least 4 members (excludes halogenated alkanes) is 1. The molecule has 0 spiro atoms. The van der Waals surface area contributed by atoms with E-state index in [9.17, 15) is 4.79 Å². The molecule has 25 heavy (non-hydrogen) atoms. The highest BCUT2D eigenvalue weighted by Gasteiger charge is 2.28. The predicted octanol–water partition coefficient (Wildman–Crippen LogP) is 5.00. The first-order valence-corrected chi connectivity index (χ1v) is 9.98. The van der Waals surface area contributed by atoms with Gasteiger partial charge in [0.15, 0.2) is 0 Å². The Kier molecular flexibility index (Phi) is 8.47. The summed E-state index contributed by atoms with van der Waals surface area (Å²) in [5.41, 5.74) is 1.45. The molecule has 2 rings (SSSR count). The van der Waals surface area contributed by atoms with E-state index in [-0.39, 0.29) is 0 Å². The average Bonchev–Trinajstić information content (AvgIpc) is 2.60. The molecule has 3 heteroatoms. The van der Waals surface area contributed by atoms with Crippen LogP contribution in [0.25, 0.3) is 0 Å². The van der Waals surface area contributed by atoms with Gasteiger partial charge in [-0.3, -0.25) is 4.79 Å². The fraction of sp³-hybridized carbons (Fsp3) is 0.682. The molecule has 1 aliphatic rings. The molecular weight excluding hydrogens is 310 g/mol. The maximum absolute atomic E-state index is 10.6. The fourth-order valence-electron chi connectivity index (χ4n) is 4.45. The van der Waals surface area contributed by atoms with E-state index in [1.54, 1.807) is 0 Å². The Hall–Kier alpha value is -1.35. The van der Waals surface area contributed by atoms with Crippen LogP contribution in [0, 0.1) is 11.8 Å². The van der Waals surface area contributed by atoms with Gasteiger partial charge in [0.25, 0.3) is 0 Å². The van der Waals surface area contributed by atoms with Crippen molar-refractivity contribution >= 4 is 5.97 Å². The van der Waals surface area contributed by atoms with Gasteiger partial charge in [0.2, 0.25) is 0 Å². The maximum atomic E-state index is 10.6. The van der Waals surface area contributed by atoms with Gasteiger partial charge in [0.1, 0.15) is 0 Å². The summed E-state index contributed by atoms with van der Waals surface area (Å²) in [5, 5.41) is 8.73. The normalized spacial score (nSPS) is 22.0. The zero-order chi connectivity index (χ0) is 18.1. The van der Waals surface area contributed by atoms with Gasteiger partial charge in [-0.05, 0) is 63.6 Å². The highest BCUT2D eigenvalue weighted by molar-refractivity contribution is 5.66. The zero-order valence-corrected chi connectivity index (χ0v) is 16.0. The molecule has 1 N–H and O–H groups in total. The van der Waals surface area contributed by atoms with Crippen molar-refractivity contribution in [1.29, 1.82) is 0 Å². The lowest BCUT2D eigenvalue weighted by atomic mass is 9.75. The predicted molar refractivity (Wildman–Crippen MR) is 104 cm³/mol. The molecule has 1 aromatic rings. The molecule has 0 aromatic heterocycles. The number of hydrogen-bond donors (Lipinski definition) is 1. The molecule has 0 amide bonds. The van der Waals surface area contributed by atoms with Gasteiger partial charge in [-0.15, -0.1) is 0 Å². The molecule has 0 aliphatic heterocycles. The third-order valence-electron chi connectivity index (χ3n) is 5.92. The molecule has 140 valence electrons. The Balaban J connectivity index is 1.73. The van der Waals surface area contributed by atoms with E-state index in [1.165, 1.54) is 50.5 Å². The third-order valence-corrected chi connectivity index (χ3v) is 5.92. The number of rotatable bonds is 10. The van der Waals surface area contributed by atoms with Gasteiger partial charge >= 0.3 is 5.97 Å². The van der Waals surface area contributed by atoms with Crippen LogP contribution < -0.4 is 0 Å². The van der Waals surface area contributed by atoms with Gasteiger partial charge in [-0.2, -0.15) is 0 Å². The summed E-state index contributed by atoms with van der Waals surface area (Å²) >= 11 is 0. The van der Waals surface area contributed by atoms with Gasteiger partial charge in [0.05, 0.1) is 0 Å². The molecule has 1 saturated carbocycles. The molecule has 0 bridgehead atoms. The van der Waals surface area contributed by atoms with Crippen molar-refractivity contribution in [2.45, 2.75) is 70.3 Å². The summed E-state index contributed by atoms with van der Waals surface area (Å²) in [7, 11) is 4.46. The summed E-state index contributed by atoms with van der Waals surface area (Å²) < 4.78 is 0.